The van der Waals surface area contributed by atoms with E-state index in [0.717, 1.165) is 12.1 Å². The van der Waals surface area contributed by atoms with Gasteiger partial charge in [0.15, 0.2) is 0 Å². The van der Waals surface area contributed by atoms with E-state index in [1.807, 2.05) is 0 Å². The molecule has 2 amide bonds. The van der Waals surface area contributed by atoms with Crippen LogP contribution in [0.3, 0.4) is 0 Å². The first-order valence-corrected chi connectivity index (χ1v) is 8.21. The highest BCUT2D eigenvalue weighted by molar-refractivity contribution is 8.18. The minimum atomic E-state index is -4.49. The molecular weight excluding hydrogens is 383 g/mol. The number of benzene rings is 2. The van der Waals surface area contributed by atoms with Crippen LogP contribution in [-0.2, 0) is 11.0 Å². The third-order valence-corrected chi connectivity index (χ3v) is 4.20. The summed E-state index contributed by atoms with van der Waals surface area (Å²) >= 11 is 0.687. The Hall–Kier alpha value is -3.14. The number of azo groups is 1. The van der Waals surface area contributed by atoms with Crippen LogP contribution in [0.1, 0.15) is 11.1 Å². The van der Waals surface area contributed by atoms with E-state index in [2.05, 4.69) is 15.5 Å². The summed E-state index contributed by atoms with van der Waals surface area (Å²) in [6, 6.07) is 8.46. The molecular formula is C17H10F3N3O3S. The Balaban J connectivity index is 1.87. The van der Waals surface area contributed by atoms with Crippen molar-refractivity contribution in [2.45, 2.75) is 6.18 Å². The summed E-state index contributed by atoms with van der Waals surface area (Å²) in [4.78, 5) is 22.8. The summed E-state index contributed by atoms with van der Waals surface area (Å²) in [5.41, 5.74) is -0.382. The molecule has 1 aliphatic rings. The number of thioether (sulfide) groups is 1. The lowest BCUT2D eigenvalue weighted by atomic mass is 10.1. The van der Waals surface area contributed by atoms with E-state index in [0.29, 0.717) is 11.8 Å². The zero-order valence-corrected chi connectivity index (χ0v) is 14.1. The van der Waals surface area contributed by atoms with E-state index in [1.54, 1.807) is 0 Å². The first-order valence-electron chi connectivity index (χ1n) is 7.39. The van der Waals surface area contributed by atoms with Crippen LogP contribution >= 0.6 is 11.8 Å². The highest BCUT2D eigenvalue weighted by atomic mass is 32.2. The molecule has 0 aromatic heterocycles. The summed E-state index contributed by atoms with van der Waals surface area (Å²) in [5.74, 6) is -0.742. The molecule has 0 aliphatic carbocycles. The molecule has 1 heterocycles. The number of hydrogen-bond donors (Lipinski definition) is 2. The Labute approximate surface area is 154 Å². The SMILES string of the molecule is O=C1NC(=O)/C(=C/c2cc(N=Nc3cccc(C(F)(F)F)c3)ccc2O)S1. The molecule has 0 atom stereocenters. The Morgan fingerprint density at radius 2 is 1.74 bits per heavy atom. The molecule has 27 heavy (non-hydrogen) atoms. The van der Waals surface area contributed by atoms with Crippen LogP contribution in [0.2, 0.25) is 0 Å². The highest BCUT2D eigenvalue weighted by Crippen LogP contribution is 2.33. The fraction of sp³-hybridized carbons (Fsp3) is 0.0588. The van der Waals surface area contributed by atoms with Gasteiger partial charge in [-0.15, -0.1) is 0 Å². The number of phenols is 1. The number of halogens is 3. The summed E-state index contributed by atoms with van der Waals surface area (Å²) in [7, 11) is 0. The molecule has 1 aliphatic heterocycles. The van der Waals surface area contributed by atoms with E-state index in [4.69, 9.17) is 0 Å². The van der Waals surface area contributed by atoms with Gasteiger partial charge in [0.1, 0.15) is 5.75 Å². The van der Waals surface area contributed by atoms with Crippen molar-refractivity contribution in [3.8, 4) is 5.75 Å². The topological polar surface area (TPSA) is 91.1 Å². The van der Waals surface area contributed by atoms with Gasteiger partial charge in [0.2, 0.25) is 0 Å². The standard InChI is InChI=1S/C17H10F3N3O3S/c18-17(19,20)10-2-1-3-11(8-10)22-23-12-4-5-13(24)9(6-12)7-14-15(25)21-16(26)27-14/h1-8,24H,(H,21,25,26)/b14-7-,23-22?. The molecule has 2 aromatic rings. The number of carbonyl (C=O) groups excluding carboxylic acids is 2. The average Bonchev–Trinajstić information content (AvgIpc) is 2.92. The predicted molar refractivity (Wildman–Crippen MR) is 92.8 cm³/mol. The second-order valence-electron chi connectivity index (χ2n) is 5.34. The van der Waals surface area contributed by atoms with Gasteiger partial charge >= 0.3 is 6.18 Å². The van der Waals surface area contributed by atoms with Crippen LogP contribution in [0, 0.1) is 0 Å². The van der Waals surface area contributed by atoms with E-state index in [9.17, 15) is 27.9 Å². The van der Waals surface area contributed by atoms with Gasteiger partial charge in [0.05, 0.1) is 21.8 Å². The van der Waals surface area contributed by atoms with Gasteiger partial charge in [0.25, 0.3) is 11.1 Å². The molecule has 0 bridgehead atoms. The Morgan fingerprint density at radius 1 is 1.04 bits per heavy atom. The van der Waals surface area contributed by atoms with Crippen LogP contribution in [0.4, 0.5) is 29.3 Å². The van der Waals surface area contributed by atoms with Gasteiger partial charge in [-0.3, -0.25) is 14.9 Å². The molecule has 138 valence electrons. The van der Waals surface area contributed by atoms with Crippen molar-refractivity contribution in [2.75, 3.05) is 0 Å². The lowest BCUT2D eigenvalue weighted by Crippen LogP contribution is -2.17. The zero-order chi connectivity index (χ0) is 19.6. The van der Waals surface area contributed by atoms with Crippen LogP contribution in [0.15, 0.2) is 57.6 Å². The lowest BCUT2D eigenvalue weighted by molar-refractivity contribution is -0.137. The fourth-order valence-electron chi connectivity index (χ4n) is 2.14. The summed E-state index contributed by atoms with van der Waals surface area (Å²) < 4.78 is 38.1. The third kappa shape index (κ3) is 4.53. The van der Waals surface area contributed by atoms with Crippen molar-refractivity contribution < 1.29 is 27.9 Å². The second-order valence-corrected chi connectivity index (χ2v) is 6.36. The first-order chi connectivity index (χ1) is 12.7. The molecule has 0 radical (unpaired) electrons. The van der Waals surface area contributed by atoms with E-state index < -0.39 is 22.9 Å². The normalized spacial score (nSPS) is 16.3. The van der Waals surface area contributed by atoms with Crippen molar-refractivity contribution in [2.24, 2.45) is 10.2 Å². The van der Waals surface area contributed by atoms with Crippen LogP contribution < -0.4 is 5.32 Å². The van der Waals surface area contributed by atoms with Crippen LogP contribution in [-0.4, -0.2) is 16.3 Å². The van der Waals surface area contributed by atoms with Crippen LogP contribution in [0.5, 0.6) is 5.75 Å². The number of nitrogens with one attached hydrogen (secondary N) is 1. The zero-order valence-electron chi connectivity index (χ0n) is 13.3. The number of imide groups is 1. The fourth-order valence-corrected chi connectivity index (χ4v) is 2.81. The van der Waals surface area contributed by atoms with E-state index >= 15 is 0 Å². The molecule has 6 nitrogen and oxygen atoms in total. The lowest BCUT2D eigenvalue weighted by Gasteiger charge is -2.06. The molecule has 0 unspecified atom stereocenters. The highest BCUT2D eigenvalue weighted by Gasteiger charge is 2.30. The van der Waals surface area contributed by atoms with Gasteiger partial charge in [-0.1, -0.05) is 6.07 Å². The number of carbonyl (C=O) groups is 2. The Bertz CT molecular complexity index is 987. The quantitative estimate of drug-likeness (QED) is 0.557. The molecule has 0 saturated carbocycles. The monoisotopic (exact) mass is 393 g/mol. The summed E-state index contributed by atoms with van der Waals surface area (Å²) in [6.45, 7) is 0. The van der Waals surface area contributed by atoms with E-state index in [-0.39, 0.29) is 27.6 Å². The van der Waals surface area contributed by atoms with Gasteiger partial charge in [-0.2, -0.15) is 23.4 Å². The number of nitrogens with zero attached hydrogens (tertiary/aromatic N) is 2. The molecule has 2 aromatic carbocycles. The smallest absolute Gasteiger partial charge is 0.416 e. The summed E-state index contributed by atoms with van der Waals surface area (Å²) in [6.07, 6.45) is -3.18. The minimum Gasteiger partial charge on any atom is -0.507 e. The number of aromatic hydroxyl groups is 1. The number of phenolic OH excluding ortho intramolecular Hbond substituents is 1. The van der Waals surface area contributed by atoms with Crippen molar-refractivity contribution >= 4 is 40.4 Å². The van der Waals surface area contributed by atoms with Crippen molar-refractivity contribution in [1.82, 2.24) is 5.32 Å². The maximum absolute atomic E-state index is 12.7. The molecule has 1 saturated heterocycles. The largest absolute Gasteiger partial charge is 0.507 e. The van der Waals surface area contributed by atoms with Crippen LogP contribution in [0.25, 0.3) is 6.08 Å². The maximum Gasteiger partial charge on any atom is 0.416 e. The van der Waals surface area contributed by atoms with Gasteiger partial charge in [-0.05, 0) is 54.2 Å². The maximum atomic E-state index is 12.7. The van der Waals surface area contributed by atoms with Crippen molar-refractivity contribution in [1.29, 1.82) is 0 Å². The van der Waals surface area contributed by atoms with Crippen molar-refractivity contribution in [3.63, 3.8) is 0 Å². The number of alkyl halides is 3. The minimum absolute atomic E-state index is 0.00845. The molecule has 2 N–H and O–H groups in total. The number of amides is 2. The van der Waals surface area contributed by atoms with Gasteiger partial charge < -0.3 is 5.11 Å². The second kappa shape index (κ2) is 7.23. The van der Waals surface area contributed by atoms with E-state index in [1.165, 1.54) is 36.4 Å². The van der Waals surface area contributed by atoms with Gasteiger partial charge in [-0.25, -0.2) is 0 Å². The Kier molecular flexibility index (Phi) is 5.00. The first kappa shape index (κ1) is 18.6. The molecule has 3 rings (SSSR count). The average molecular weight is 393 g/mol. The molecule has 10 heteroatoms. The predicted octanol–water partition coefficient (Wildman–Crippen LogP) is 5.15. The molecule has 0 spiro atoms. The number of hydrogen-bond acceptors (Lipinski definition) is 6. The number of rotatable bonds is 3. The Morgan fingerprint density at radius 3 is 2.37 bits per heavy atom. The van der Waals surface area contributed by atoms with Gasteiger partial charge in [0, 0.05) is 5.56 Å². The van der Waals surface area contributed by atoms with Crippen molar-refractivity contribution in [3.05, 3.63) is 58.5 Å². The molecule has 1 fully saturated rings. The third-order valence-electron chi connectivity index (χ3n) is 3.39. The summed E-state index contributed by atoms with van der Waals surface area (Å²) in [5, 5.41) is 19.1.